The van der Waals surface area contributed by atoms with Crippen molar-refractivity contribution < 1.29 is 0 Å². The molecule has 27 heavy (non-hydrogen) atoms. The largest absolute Gasteiger partial charge is 0.357 e. The first-order valence-corrected chi connectivity index (χ1v) is 10.7. The maximum atomic E-state index is 4.89. The normalized spacial score (nSPS) is 22.5. The van der Waals surface area contributed by atoms with Crippen molar-refractivity contribution in [3.05, 3.63) is 0 Å². The maximum absolute atomic E-state index is 4.89. The van der Waals surface area contributed by atoms with Gasteiger partial charge in [-0.2, -0.15) is 0 Å². The molecule has 0 spiro atoms. The quantitative estimate of drug-likeness (QED) is 0.322. The molecule has 0 radical (unpaired) electrons. The molecular formula is C20H43IN6. The fraction of sp³-hybridized carbons (Fsp3) is 0.950. The molecule has 0 aromatic heterocycles. The van der Waals surface area contributed by atoms with Crippen LogP contribution in [0, 0.1) is 5.92 Å². The fourth-order valence-electron chi connectivity index (χ4n) is 3.85. The van der Waals surface area contributed by atoms with Crippen LogP contribution >= 0.6 is 24.0 Å². The molecule has 2 N–H and O–H groups in total. The van der Waals surface area contributed by atoms with Crippen LogP contribution in [0.15, 0.2) is 4.99 Å². The van der Waals surface area contributed by atoms with Crippen LogP contribution in [0.1, 0.15) is 40.5 Å². The average Bonchev–Trinajstić information content (AvgIpc) is 2.62. The minimum absolute atomic E-state index is 0. The summed E-state index contributed by atoms with van der Waals surface area (Å²) in [6.07, 6.45) is 2.42. The number of guanidine groups is 1. The number of likely N-dealkylation sites (N-methyl/N-ethyl adjacent to an activating group) is 1. The second-order valence-corrected chi connectivity index (χ2v) is 8.48. The van der Waals surface area contributed by atoms with Gasteiger partial charge in [-0.3, -0.25) is 4.99 Å². The molecule has 6 nitrogen and oxygen atoms in total. The summed E-state index contributed by atoms with van der Waals surface area (Å²) < 4.78 is 0. The third kappa shape index (κ3) is 9.28. The van der Waals surface area contributed by atoms with Crippen LogP contribution in [0.3, 0.4) is 0 Å². The lowest BCUT2D eigenvalue weighted by molar-refractivity contribution is 0.140. The van der Waals surface area contributed by atoms with Gasteiger partial charge >= 0.3 is 0 Å². The molecule has 2 fully saturated rings. The molecule has 0 aliphatic carbocycles. The smallest absolute Gasteiger partial charge is 0.191 e. The molecule has 0 amide bonds. The zero-order chi connectivity index (χ0) is 18.9. The maximum Gasteiger partial charge on any atom is 0.191 e. The van der Waals surface area contributed by atoms with Crippen molar-refractivity contribution in [1.82, 2.24) is 25.3 Å². The van der Waals surface area contributed by atoms with Crippen molar-refractivity contribution >= 4 is 29.9 Å². The second kappa shape index (κ2) is 13.2. The van der Waals surface area contributed by atoms with E-state index in [2.05, 4.69) is 60.1 Å². The van der Waals surface area contributed by atoms with Crippen molar-refractivity contribution in [3.63, 3.8) is 0 Å². The van der Waals surface area contributed by atoms with Gasteiger partial charge in [0.2, 0.25) is 0 Å². The van der Waals surface area contributed by atoms with Gasteiger partial charge in [-0.25, -0.2) is 0 Å². The Morgan fingerprint density at radius 1 is 1.04 bits per heavy atom. The summed E-state index contributed by atoms with van der Waals surface area (Å²) >= 11 is 0. The van der Waals surface area contributed by atoms with Gasteiger partial charge in [0, 0.05) is 71.0 Å². The average molecular weight is 495 g/mol. The lowest BCUT2D eigenvalue weighted by Gasteiger charge is -2.35. The van der Waals surface area contributed by atoms with Gasteiger partial charge in [-0.05, 0) is 46.6 Å². The zero-order valence-electron chi connectivity index (χ0n) is 18.2. The van der Waals surface area contributed by atoms with Gasteiger partial charge < -0.3 is 25.3 Å². The van der Waals surface area contributed by atoms with E-state index in [0.29, 0.717) is 18.0 Å². The van der Waals surface area contributed by atoms with E-state index in [0.717, 1.165) is 25.6 Å². The van der Waals surface area contributed by atoms with Gasteiger partial charge in [0.15, 0.2) is 5.96 Å². The van der Waals surface area contributed by atoms with E-state index < -0.39 is 0 Å². The minimum Gasteiger partial charge on any atom is -0.357 e. The number of hydrogen-bond acceptors (Lipinski definition) is 4. The Kier molecular flexibility index (Phi) is 12.2. The number of nitrogens with one attached hydrogen (secondary N) is 2. The second-order valence-electron chi connectivity index (χ2n) is 8.48. The van der Waals surface area contributed by atoms with Crippen molar-refractivity contribution in [2.75, 3.05) is 66.0 Å². The Hall–Kier alpha value is -0.120. The molecule has 2 heterocycles. The third-order valence-electron chi connectivity index (χ3n) is 5.67. The number of aliphatic imine (C=N–C) groups is 1. The molecule has 1 atom stereocenters. The number of halogens is 1. The molecule has 2 rings (SSSR count). The number of nitrogens with zero attached hydrogens (tertiary/aromatic N) is 4. The summed E-state index contributed by atoms with van der Waals surface area (Å²) in [5.74, 6) is 1.59. The minimum atomic E-state index is 0. The van der Waals surface area contributed by atoms with Crippen LogP contribution in [0.5, 0.6) is 0 Å². The highest BCUT2D eigenvalue weighted by molar-refractivity contribution is 14.0. The summed E-state index contributed by atoms with van der Waals surface area (Å²) in [4.78, 5) is 12.5. The first-order chi connectivity index (χ1) is 12.5. The highest BCUT2D eigenvalue weighted by Crippen LogP contribution is 2.13. The lowest BCUT2D eigenvalue weighted by atomic mass is 10.0. The SMILES string of the molecule is CCNC(=NCC(C)CN1CCN(C)CC1)NC1CCN(C(C)C)CC1.I. The molecule has 2 aliphatic rings. The molecular weight excluding hydrogens is 451 g/mol. The van der Waals surface area contributed by atoms with E-state index in [1.54, 1.807) is 0 Å². The Labute approximate surface area is 184 Å². The molecule has 7 heteroatoms. The first kappa shape index (κ1) is 24.9. The fourth-order valence-corrected chi connectivity index (χ4v) is 3.85. The van der Waals surface area contributed by atoms with E-state index in [9.17, 15) is 0 Å². The molecule has 1 unspecified atom stereocenters. The Balaban J connectivity index is 0.00000364. The summed E-state index contributed by atoms with van der Waals surface area (Å²) in [6.45, 7) is 19.2. The highest BCUT2D eigenvalue weighted by atomic mass is 127. The summed E-state index contributed by atoms with van der Waals surface area (Å²) in [5.41, 5.74) is 0. The number of rotatable bonds is 7. The molecule has 0 aromatic carbocycles. The Morgan fingerprint density at radius 2 is 1.67 bits per heavy atom. The predicted octanol–water partition coefficient (Wildman–Crippen LogP) is 1.92. The summed E-state index contributed by atoms with van der Waals surface area (Å²) in [7, 11) is 2.21. The van der Waals surface area contributed by atoms with Gasteiger partial charge in [0.05, 0.1) is 0 Å². The van der Waals surface area contributed by atoms with Crippen molar-refractivity contribution in [3.8, 4) is 0 Å². The number of piperidine rings is 1. The van der Waals surface area contributed by atoms with Crippen molar-refractivity contribution in [2.24, 2.45) is 10.9 Å². The number of likely N-dealkylation sites (tertiary alicyclic amines) is 1. The van der Waals surface area contributed by atoms with Crippen LogP contribution in [-0.4, -0.2) is 98.7 Å². The van der Waals surface area contributed by atoms with E-state index in [-0.39, 0.29) is 24.0 Å². The van der Waals surface area contributed by atoms with E-state index in [1.165, 1.54) is 52.1 Å². The monoisotopic (exact) mass is 494 g/mol. The molecule has 160 valence electrons. The van der Waals surface area contributed by atoms with Crippen molar-refractivity contribution in [1.29, 1.82) is 0 Å². The van der Waals surface area contributed by atoms with E-state index in [4.69, 9.17) is 4.99 Å². The van der Waals surface area contributed by atoms with Crippen LogP contribution in [-0.2, 0) is 0 Å². The van der Waals surface area contributed by atoms with Crippen LogP contribution in [0.25, 0.3) is 0 Å². The van der Waals surface area contributed by atoms with E-state index in [1.807, 2.05) is 0 Å². The van der Waals surface area contributed by atoms with E-state index >= 15 is 0 Å². The molecule has 0 saturated carbocycles. The summed E-state index contributed by atoms with van der Waals surface area (Å²) in [6, 6.07) is 1.21. The molecule has 0 aromatic rings. The van der Waals surface area contributed by atoms with Gasteiger partial charge in [0.25, 0.3) is 0 Å². The standard InChI is InChI=1S/C20H42N6.HI/c1-6-21-20(23-19-7-9-26(10-8-19)17(2)3)22-15-18(4)16-25-13-11-24(5)12-14-25;/h17-19H,6-16H2,1-5H3,(H2,21,22,23);1H. The third-order valence-corrected chi connectivity index (χ3v) is 5.67. The highest BCUT2D eigenvalue weighted by Gasteiger charge is 2.21. The van der Waals surface area contributed by atoms with Crippen LogP contribution in [0.4, 0.5) is 0 Å². The van der Waals surface area contributed by atoms with Crippen molar-refractivity contribution in [2.45, 2.75) is 52.6 Å². The van der Waals surface area contributed by atoms with Crippen LogP contribution in [0.2, 0.25) is 0 Å². The zero-order valence-corrected chi connectivity index (χ0v) is 20.5. The molecule has 2 aliphatic heterocycles. The Morgan fingerprint density at radius 3 is 2.22 bits per heavy atom. The van der Waals surface area contributed by atoms with Gasteiger partial charge in [0.1, 0.15) is 0 Å². The Bertz CT molecular complexity index is 415. The van der Waals surface area contributed by atoms with Gasteiger partial charge in [-0.15, -0.1) is 24.0 Å². The van der Waals surface area contributed by atoms with Crippen LogP contribution < -0.4 is 10.6 Å². The molecule has 0 bridgehead atoms. The topological polar surface area (TPSA) is 46.1 Å². The number of piperazine rings is 1. The molecule has 2 saturated heterocycles. The van der Waals surface area contributed by atoms with Gasteiger partial charge in [-0.1, -0.05) is 6.92 Å². The lowest BCUT2D eigenvalue weighted by Crippen LogP contribution is -2.50. The number of hydrogen-bond donors (Lipinski definition) is 2. The summed E-state index contributed by atoms with van der Waals surface area (Å²) in [5, 5.41) is 7.11. The predicted molar refractivity (Wildman–Crippen MR) is 127 cm³/mol. The first-order valence-electron chi connectivity index (χ1n) is 10.7.